The summed E-state index contributed by atoms with van der Waals surface area (Å²) in [7, 11) is 3.35. The highest BCUT2D eigenvalue weighted by Gasteiger charge is 2.25. The Hall–Kier alpha value is -3.19. The van der Waals surface area contributed by atoms with Crippen molar-refractivity contribution < 1.29 is 19.0 Å². The van der Waals surface area contributed by atoms with E-state index in [0.717, 1.165) is 61.4 Å². The molecule has 1 aliphatic heterocycles. The van der Waals surface area contributed by atoms with Crippen molar-refractivity contribution in [2.75, 3.05) is 33.9 Å². The zero-order valence-electron chi connectivity index (χ0n) is 20.4. The standard InChI is InChI=1S/C27H35N3O4/c1-19-7-9-25-24(14-19)20(16-29-25)11-12-28-27(31)34-18-22-6-4-5-13-30(22)17-21-15-23(32-2)8-10-26(21)33-3/h7-10,14-16,22,29H,4-6,11-13,17-18H2,1-3H3,(H,28,31). The molecule has 1 saturated heterocycles. The van der Waals surface area contributed by atoms with E-state index in [1.165, 1.54) is 16.5 Å². The van der Waals surface area contributed by atoms with Gasteiger partial charge in [0.25, 0.3) is 0 Å². The van der Waals surface area contributed by atoms with Crippen LogP contribution >= 0.6 is 0 Å². The van der Waals surface area contributed by atoms with Crippen molar-refractivity contribution in [1.29, 1.82) is 0 Å². The minimum atomic E-state index is -0.361. The smallest absolute Gasteiger partial charge is 0.407 e. The zero-order valence-corrected chi connectivity index (χ0v) is 20.4. The molecule has 0 aliphatic carbocycles. The van der Waals surface area contributed by atoms with E-state index in [4.69, 9.17) is 14.2 Å². The Bertz CT molecular complexity index is 1110. The molecule has 0 bridgehead atoms. The Kier molecular flexibility index (Phi) is 7.95. The number of alkyl carbamates (subject to hydrolysis) is 1. The molecule has 2 aromatic carbocycles. The Morgan fingerprint density at radius 3 is 2.82 bits per heavy atom. The number of nitrogens with zero attached hydrogens (tertiary/aromatic N) is 1. The molecule has 3 aromatic rings. The molecule has 1 aliphatic rings. The molecule has 0 spiro atoms. The molecule has 7 nitrogen and oxygen atoms in total. The second-order valence-corrected chi connectivity index (χ2v) is 8.94. The number of methoxy groups -OCH3 is 2. The number of piperidine rings is 1. The first-order valence-electron chi connectivity index (χ1n) is 12.0. The van der Waals surface area contributed by atoms with Crippen LogP contribution in [-0.4, -0.2) is 55.9 Å². The number of fused-ring (bicyclic) bond motifs is 1. The average Bonchev–Trinajstić information content (AvgIpc) is 3.25. The number of ether oxygens (including phenoxy) is 3. The van der Waals surface area contributed by atoms with Gasteiger partial charge in [0.15, 0.2) is 0 Å². The highest BCUT2D eigenvalue weighted by atomic mass is 16.5. The van der Waals surface area contributed by atoms with Gasteiger partial charge in [-0.25, -0.2) is 4.79 Å². The Balaban J connectivity index is 1.28. The summed E-state index contributed by atoms with van der Waals surface area (Å²) < 4.78 is 16.6. The van der Waals surface area contributed by atoms with Gasteiger partial charge in [-0.1, -0.05) is 18.1 Å². The summed E-state index contributed by atoms with van der Waals surface area (Å²) in [6, 6.07) is 12.4. The largest absolute Gasteiger partial charge is 0.497 e. The summed E-state index contributed by atoms with van der Waals surface area (Å²) in [5.74, 6) is 1.65. The highest BCUT2D eigenvalue weighted by molar-refractivity contribution is 5.83. The summed E-state index contributed by atoms with van der Waals surface area (Å²) in [5, 5.41) is 4.12. The zero-order chi connectivity index (χ0) is 23.9. The number of aryl methyl sites for hydroxylation is 1. The van der Waals surface area contributed by atoms with Gasteiger partial charge in [-0.15, -0.1) is 0 Å². The van der Waals surface area contributed by atoms with Crippen molar-refractivity contribution in [2.24, 2.45) is 0 Å². The maximum absolute atomic E-state index is 12.4. The minimum Gasteiger partial charge on any atom is -0.497 e. The number of hydrogen-bond donors (Lipinski definition) is 2. The summed E-state index contributed by atoms with van der Waals surface area (Å²) in [5.41, 5.74) is 4.62. The number of amides is 1. The maximum Gasteiger partial charge on any atom is 0.407 e. The lowest BCUT2D eigenvalue weighted by atomic mass is 10.0. The molecule has 2 heterocycles. The molecule has 1 aromatic heterocycles. The maximum atomic E-state index is 12.4. The summed E-state index contributed by atoms with van der Waals surface area (Å²) in [4.78, 5) is 18.1. The van der Waals surface area contributed by atoms with Gasteiger partial charge in [0.05, 0.1) is 14.2 Å². The van der Waals surface area contributed by atoms with Gasteiger partial charge in [0.2, 0.25) is 0 Å². The lowest BCUT2D eigenvalue weighted by Gasteiger charge is -2.35. The van der Waals surface area contributed by atoms with Crippen molar-refractivity contribution in [2.45, 2.75) is 45.2 Å². The fraction of sp³-hybridized carbons (Fsp3) is 0.444. The predicted octanol–water partition coefficient (Wildman–Crippen LogP) is 4.82. The summed E-state index contributed by atoms with van der Waals surface area (Å²) >= 11 is 0. The van der Waals surface area contributed by atoms with E-state index in [1.54, 1.807) is 14.2 Å². The van der Waals surface area contributed by atoms with Crippen LogP contribution in [0.4, 0.5) is 4.79 Å². The van der Waals surface area contributed by atoms with Crippen molar-refractivity contribution in [1.82, 2.24) is 15.2 Å². The third-order valence-corrected chi connectivity index (χ3v) is 6.60. The molecule has 1 fully saturated rings. The fourth-order valence-corrected chi connectivity index (χ4v) is 4.70. The van der Waals surface area contributed by atoms with Crippen LogP contribution in [0.3, 0.4) is 0 Å². The van der Waals surface area contributed by atoms with E-state index in [-0.39, 0.29) is 12.1 Å². The number of hydrogen-bond acceptors (Lipinski definition) is 5. The molecule has 34 heavy (non-hydrogen) atoms. The molecular weight excluding hydrogens is 430 g/mol. The van der Waals surface area contributed by atoms with Crippen LogP contribution < -0.4 is 14.8 Å². The molecule has 0 saturated carbocycles. The number of carbonyl (C=O) groups is 1. The van der Waals surface area contributed by atoms with Gasteiger partial charge in [-0.05, 0) is 68.6 Å². The van der Waals surface area contributed by atoms with E-state index in [2.05, 4.69) is 40.3 Å². The predicted molar refractivity (Wildman–Crippen MR) is 134 cm³/mol. The number of carbonyl (C=O) groups excluding carboxylic acids is 1. The second kappa shape index (κ2) is 11.3. The molecule has 1 atom stereocenters. The number of rotatable bonds is 9. The van der Waals surface area contributed by atoms with Gasteiger partial charge >= 0.3 is 6.09 Å². The first-order chi connectivity index (χ1) is 16.6. The van der Waals surface area contributed by atoms with Crippen LogP contribution in [0.15, 0.2) is 42.6 Å². The normalized spacial score (nSPS) is 16.4. The molecular formula is C27H35N3O4. The van der Waals surface area contributed by atoms with Crippen LogP contribution in [0.2, 0.25) is 0 Å². The fourth-order valence-electron chi connectivity index (χ4n) is 4.70. The number of aromatic amines is 1. The van der Waals surface area contributed by atoms with Crippen molar-refractivity contribution in [3.63, 3.8) is 0 Å². The van der Waals surface area contributed by atoms with Gasteiger partial charge in [0, 0.05) is 41.8 Å². The number of aromatic nitrogens is 1. The van der Waals surface area contributed by atoms with Gasteiger partial charge < -0.3 is 24.5 Å². The third-order valence-electron chi connectivity index (χ3n) is 6.60. The molecule has 0 radical (unpaired) electrons. The second-order valence-electron chi connectivity index (χ2n) is 8.94. The van der Waals surface area contributed by atoms with E-state index >= 15 is 0 Å². The highest BCUT2D eigenvalue weighted by Crippen LogP contribution is 2.28. The molecule has 1 unspecified atom stereocenters. The summed E-state index contributed by atoms with van der Waals surface area (Å²) in [6.45, 7) is 4.70. The SMILES string of the molecule is COc1ccc(OC)c(CN2CCCCC2COC(=O)NCCc2c[nH]c3ccc(C)cc23)c1. The first-order valence-corrected chi connectivity index (χ1v) is 12.0. The summed E-state index contributed by atoms with van der Waals surface area (Å²) in [6.07, 6.45) is 5.70. The third kappa shape index (κ3) is 5.83. The molecule has 7 heteroatoms. The number of H-pyrrole nitrogens is 1. The van der Waals surface area contributed by atoms with E-state index in [0.29, 0.717) is 13.2 Å². The van der Waals surface area contributed by atoms with Crippen molar-refractivity contribution in [3.8, 4) is 11.5 Å². The lowest BCUT2D eigenvalue weighted by Crippen LogP contribution is -2.43. The lowest BCUT2D eigenvalue weighted by molar-refractivity contribution is 0.0636. The quantitative estimate of drug-likeness (QED) is 0.474. The van der Waals surface area contributed by atoms with Crippen molar-refractivity contribution >= 4 is 17.0 Å². The Labute approximate surface area is 201 Å². The Morgan fingerprint density at radius 2 is 2.00 bits per heavy atom. The van der Waals surface area contributed by atoms with Gasteiger partial charge in [0.1, 0.15) is 18.1 Å². The van der Waals surface area contributed by atoms with E-state index in [1.807, 2.05) is 24.4 Å². The minimum absolute atomic E-state index is 0.187. The monoisotopic (exact) mass is 465 g/mol. The van der Waals surface area contributed by atoms with E-state index in [9.17, 15) is 4.79 Å². The molecule has 4 rings (SSSR count). The molecule has 182 valence electrons. The topological polar surface area (TPSA) is 75.8 Å². The van der Waals surface area contributed by atoms with Gasteiger partial charge in [-0.2, -0.15) is 0 Å². The number of nitrogens with one attached hydrogen (secondary N) is 2. The van der Waals surface area contributed by atoms with Crippen LogP contribution in [-0.2, 0) is 17.7 Å². The van der Waals surface area contributed by atoms with Crippen molar-refractivity contribution in [3.05, 3.63) is 59.3 Å². The van der Waals surface area contributed by atoms with E-state index < -0.39 is 0 Å². The first kappa shape index (κ1) is 24.0. The van der Waals surface area contributed by atoms with Crippen LogP contribution in [0.25, 0.3) is 10.9 Å². The molecule has 2 N–H and O–H groups in total. The van der Waals surface area contributed by atoms with Crippen LogP contribution in [0.1, 0.15) is 36.0 Å². The van der Waals surface area contributed by atoms with Gasteiger partial charge in [-0.3, -0.25) is 4.90 Å². The van der Waals surface area contributed by atoms with Crippen LogP contribution in [0, 0.1) is 6.92 Å². The molecule has 1 amide bonds. The Morgan fingerprint density at radius 1 is 1.12 bits per heavy atom. The van der Waals surface area contributed by atoms with Crippen LogP contribution in [0.5, 0.6) is 11.5 Å². The number of likely N-dealkylation sites (tertiary alicyclic amines) is 1. The number of benzene rings is 2. The average molecular weight is 466 g/mol.